The van der Waals surface area contributed by atoms with E-state index in [-0.39, 0.29) is 0 Å². The van der Waals surface area contributed by atoms with E-state index in [2.05, 4.69) is 18.7 Å². The lowest BCUT2D eigenvalue weighted by molar-refractivity contribution is -0.154. The summed E-state index contributed by atoms with van der Waals surface area (Å²) in [6, 6.07) is 0. The van der Waals surface area contributed by atoms with Crippen molar-refractivity contribution in [3.63, 3.8) is 0 Å². The van der Waals surface area contributed by atoms with Gasteiger partial charge in [0.1, 0.15) is 0 Å². The Morgan fingerprint density at radius 1 is 1.38 bits per heavy atom. The predicted octanol–water partition coefficient (Wildman–Crippen LogP) is 3.16. The summed E-state index contributed by atoms with van der Waals surface area (Å²) in [7, 11) is 0. The lowest BCUT2D eigenvalue weighted by Crippen LogP contribution is -2.50. The number of carbonyl (C=O) groups is 1. The van der Waals surface area contributed by atoms with Gasteiger partial charge >= 0.3 is 5.97 Å². The van der Waals surface area contributed by atoms with Crippen LogP contribution in [0.2, 0.25) is 0 Å². The molecule has 1 aliphatic carbocycles. The number of hydrogen-bond acceptors (Lipinski definition) is 3. The molecule has 2 fully saturated rings. The van der Waals surface area contributed by atoms with Crippen LogP contribution in [-0.4, -0.2) is 48.3 Å². The Labute approximate surface area is 128 Å². The van der Waals surface area contributed by atoms with Crippen LogP contribution in [0.4, 0.5) is 0 Å². The topological polar surface area (TPSA) is 49.8 Å². The van der Waals surface area contributed by atoms with Crippen molar-refractivity contribution in [2.24, 2.45) is 11.3 Å². The van der Waals surface area contributed by atoms with Crippen LogP contribution in [0.5, 0.6) is 0 Å². The van der Waals surface area contributed by atoms with E-state index in [0.717, 1.165) is 58.2 Å². The summed E-state index contributed by atoms with van der Waals surface area (Å²) in [5, 5.41) is 9.79. The number of likely N-dealkylation sites (tertiary alicyclic amines) is 1. The third-order valence-electron chi connectivity index (χ3n) is 5.09. The van der Waals surface area contributed by atoms with Crippen molar-refractivity contribution in [2.45, 2.75) is 64.9 Å². The molecular weight excluding hydrogens is 266 g/mol. The van der Waals surface area contributed by atoms with Gasteiger partial charge in [-0.25, -0.2) is 0 Å². The van der Waals surface area contributed by atoms with Gasteiger partial charge in [-0.15, -0.1) is 0 Å². The third-order valence-corrected chi connectivity index (χ3v) is 5.09. The zero-order chi connectivity index (χ0) is 15.3. The Morgan fingerprint density at radius 2 is 2.19 bits per heavy atom. The molecule has 0 radical (unpaired) electrons. The van der Waals surface area contributed by atoms with E-state index in [9.17, 15) is 9.90 Å². The third kappa shape index (κ3) is 4.43. The number of carboxylic acid groups (broad SMARTS) is 1. The maximum absolute atomic E-state index is 11.9. The van der Waals surface area contributed by atoms with Crippen LogP contribution < -0.4 is 0 Å². The van der Waals surface area contributed by atoms with Crippen LogP contribution in [0.15, 0.2) is 0 Å². The first kappa shape index (κ1) is 16.8. The zero-order valence-corrected chi connectivity index (χ0v) is 13.6. The molecule has 122 valence electrons. The maximum Gasteiger partial charge on any atom is 0.310 e. The second-order valence-corrected chi connectivity index (χ2v) is 7.16. The molecule has 1 saturated carbocycles. The van der Waals surface area contributed by atoms with Crippen LogP contribution >= 0.6 is 0 Å². The summed E-state index contributed by atoms with van der Waals surface area (Å²) in [6.07, 6.45) is 7.49. The number of hydrogen-bond donors (Lipinski definition) is 1. The van der Waals surface area contributed by atoms with Gasteiger partial charge in [-0.05, 0) is 44.6 Å². The first-order valence-corrected chi connectivity index (χ1v) is 8.63. The molecule has 2 aliphatic rings. The number of carboxylic acids is 1. The minimum atomic E-state index is -0.592. The van der Waals surface area contributed by atoms with Gasteiger partial charge in [-0.3, -0.25) is 9.69 Å². The number of ether oxygens (including phenoxy) is 1. The van der Waals surface area contributed by atoms with Crippen molar-refractivity contribution < 1.29 is 14.6 Å². The van der Waals surface area contributed by atoms with E-state index in [1.54, 1.807) is 0 Å². The summed E-state index contributed by atoms with van der Waals surface area (Å²) >= 11 is 0. The number of rotatable bonds is 6. The quantitative estimate of drug-likeness (QED) is 0.818. The molecule has 3 unspecified atom stereocenters. The summed E-state index contributed by atoms with van der Waals surface area (Å²) in [5.74, 6) is -0.0579. The van der Waals surface area contributed by atoms with Crippen LogP contribution in [0.25, 0.3) is 0 Å². The van der Waals surface area contributed by atoms with Crippen molar-refractivity contribution in [3.8, 4) is 0 Å². The Morgan fingerprint density at radius 3 is 2.86 bits per heavy atom. The molecule has 0 bridgehead atoms. The highest BCUT2D eigenvalue weighted by molar-refractivity contribution is 5.75. The highest BCUT2D eigenvalue weighted by Crippen LogP contribution is 2.40. The van der Waals surface area contributed by atoms with Crippen molar-refractivity contribution in [1.82, 2.24) is 4.90 Å². The molecule has 21 heavy (non-hydrogen) atoms. The first-order valence-electron chi connectivity index (χ1n) is 8.63. The molecule has 1 N–H and O–H groups in total. The summed E-state index contributed by atoms with van der Waals surface area (Å²) in [6.45, 7) is 7.78. The first-order chi connectivity index (χ1) is 10.1. The van der Waals surface area contributed by atoms with Gasteiger partial charge in [0.15, 0.2) is 0 Å². The monoisotopic (exact) mass is 297 g/mol. The molecule has 1 aliphatic heterocycles. The minimum Gasteiger partial charge on any atom is -0.481 e. The van der Waals surface area contributed by atoms with E-state index < -0.39 is 11.4 Å². The van der Waals surface area contributed by atoms with E-state index in [1.807, 2.05) is 0 Å². The molecule has 0 aromatic carbocycles. The zero-order valence-electron chi connectivity index (χ0n) is 13.6. The lowest BCUT2D eigenvalue weighted by atomic mass is 9.69. The van der Waals surface area contributed by atoms with Crippen LogP contribution in [0.3, 0.4) is 0 Å². The fourth-order valence-corrected chi connectivity index (χ4v) is 4.07. The summed E-state index contributed by atoms with van der Waals surface area (Å²) < 4.78 is 5.88. The molecule has 0 aromatic heterocycles. The predicted molar refractivity (Wildman–Crippen MR) is 83.4 cm³/mol. The fraction of sp³-hybridized carbons (Fsp3) is 0.941. The fourth-order valence-electron chi connectivity index (χ4n) is 4.07. The standard InChI is InChI=1S/C17H31NO3/c1-3-10-21-15-7-5-9-18(12-15)13-17(16(19)20)8-4-6-14(2)11-17/h14-15H,3-13H2,1-2H3,(H,19,20). The second-order valence-electron chi connectivity index (χ2n) is 7.16. The van der Waals surface area contributed by atoms with Crippen LogP contribution in [-0.2, 0) is 9.53 Å². The van der Waals surface area contributed by atoms with E-state index in [1.165, 1.54) is 6.42 Å². The molecule has 2 rings (SSSR count). The van der Waals surface area contributed by atoms with Gasteiger partial charge < -0.3 is 9.84 Å². The van der Waals surface area contributed by atoms with Crippen molar-refractivity contribution >= 4 is 5.97 Å². The molecule has 0 amide bonds. The van der Waals surface area contributed by atoms with Crippen molar-refractivity contribution in [2.75, 3.05) is 26.2 Å². The molecule has 1 heterocycles. The number of piperidine rings is 1. The normalized spacial score (nSPS) is 34.8. The van der Waals surface area contributed by atoms with Gasteiger partial charge in [-0.1, -0.05) is 26.7 Å². The van der Waals surface area contributed by atoms with Gasteiger partial charge in [0.2, 0.25) is 0 Å². The largest absolute Gasteiger partial charge is 0.481 e. The SMILES string of the molecule is CCCOC1CCCN(CC2(C(=O)O)CCCC(C)C2)C1. The highest BCUT2D eigenvalue weighted by Gasteiger charge is 2.43. The summed E-state index contributed by atoms with van der Waals surface area (Å²) in [5.41, 5.74) is -0.523. The number of nitrogens with zero attached hydrogens (tertiary/aromatic N) is 1. The van der Waals surface area contributed by atoms with Crippen molar-refractivity contribution in [1.29, 1.82) is 0 Å². The molecule has 0 spiro atoms. The van der Waals surface area contributed by atoms with Crippen LogP contribution in [0, 0.1) is 11.3 Å². The van der Waals surface area contributed by atoms with Gasteiger partial charge in [0, 0.05) is 19.7 Å². The van der Waals surface area contributed by atoms with Gasteiger partial charge in [0.25, 0.3) is 0 Å². The molecule has 1 saturated heterocycles. The second kappa shape index (κ2) is 7.59. The smallest absolute Gasteiger partial charge is 0.310 e. The van der Waals surface area contributed by atoms with Crippen molar-refractivity contribution in [3.05, 3.63) is 0 Å². The lowest BCUT2D eigenvalue weighted by Gasteiger charge is -2.42. The molecule has 3 atom stereocenters. The average Bonchev–Trinajstić information content (AvgIpc) is 2.45. The van der Waals surface area contributed by atoms with E-state index in [0.29, 0.717) is 18.6 Å². The van der Waals surface area contributed by atoms with Gasteiger partial charge in [-0.2, -0.15) is 0 Å². The molecule has 0 aromatic rings. The van der Waals surface area contributed by atoms with Crippen LogP contribution in [0.1, 0.15) is 58.8 Å². The van der Waals surface area contributed by atoms with Gasteiger partial charge in [0.05, 0.1) is 11.5 Å². The Kier molecular flexibility index (Phi) is 6.06. The Bertz CT molecular complexity index is 347. The molecule has 4 heteroatoms. The average molecular weight is 297 g/mol. The maximum atomic E-state index is 11.9. The van der Waals surface area contributed by atoms with E-state index >= 15 is 0 Å². The molecule has 4 nitrogen and oxygen atoms in total. The van der Waals surface area contributed by atoms with E-state index in [4.69, 9.17) is 4.74 Å². The Hall–Kier alpha value is -0.610. The molecular formula is C17H31NO3. The Balaban J connectivity index is 1.95. The highest BCUT2D eigenvalue weighted by atomic mass is 16.5. The number of aliphatic carboxylic acids is 1. The minimum absolute atomic E-state index is 0.297. The summed E-state index contributed by atoms with van der Waals surface area (Å²) in [4.78, 5) is 14.2.